The van der Waals surface area contributed by atoms with Crippen LogP contribution in [0.1, 0.15) is 62.0 Å². The van der Waals surface area contributed by atoms with Gasteiger partial charge in [-0.1, -0.05) is 75.4 Å². The third-order valence-corrected chi connectivity index (χ3v) is 3.03. The Morgan fingerprint density at radius 2 is 1.39 bits per heavy atom. The molecular formula is C21H28O2. The molecular weight excluding hydrogens is 284 g/mol. The van der Waals surface area contributed by atoms with E-state index in [2.05, 4.69) is 0 Å². The van der Waals surface area contributed by atoms with Crippen molar-refractivity contribution in [3.8, 4) is 0 Å². The van der Waals surface area contributed by atoms with Crippen molar-refractivity contribution >= 4 is 11.6 Å². The SMILES string of the molecule is CC.CCCC(C)=O.Cc1ccccc1C(=O)c1ccccc1. The molecule has 2 heteroatoms. The maximum absolute atomic E-state index is 12.1. The van der Waals surface area contributed by atoms with Gasteiger partial charge in [-0.3, -0.25) is 4.79 Å². The topological polar surface area (TPSA) is 34.1 Å². The number of aryl methyl sites for hydroxylation is 1. The number of carbonyl (C=O) groups excluding carboxylic acids is 2. The van der Waals surface area contributed by atoms with E-state index in [0.29, 0.717) is 0 Å². The van der Waals surface area contributed by atoms with E-state index in [9.17, 15) is 9.59 Å². The molecule has 0 bridgehead atoms. The van der Waals surface area contributed by atoms with Crippen LogP contribution in [0.3, 0.4) is 0 Å². The van der Waals surface area contributed by atoms with E-state index in [1.165, 1.54) is 0 Å². The van der Waals surface area contributed by atoms with Crippen LogP contribution in [-0.2, 0) is 4.79 Å². The number of ketones is 2. The molecule has 2 rings (SSSR count). The summed E-state index contributed by atoms with van der Waals surface area (Å²) in [4.78, 5) is 22.1. The summed E-state index contributed by atoms with van der Waals surface area (Å²) in [5, 5.41) is 0. The van der Waals surface area contributed by atoms with E-state index < -0.39 is 0 Å². The highest BCUT2D eigenvalue weighted by Crippen LogP contribution is 2.13. The zero-order valence-electron chi connectivity index (χ0n) is 14.9. The number of rotatable bonds is 4. The summed E-state index contributed by atoms with van der Waals surface area (Å²) in [6.07, 6.45) is 1.72. The molecule has 0 heterocycles. The average molecular weight is 312 g/mol. The van der Waals surface area contributed by atoms with Crippen LogP contribution in [0.2, 0.25) is 0 Å². The molecule has 0 atom stereocenters. The molecule has 2 aromatic rings. The van der Waals surface area contributed by atoms with Crippen molar-refractivity contribution < 1.29 is 9.59 Å². The van der Waals surface area contributed by atoms with Crippen LogP contribution in [0.4, 0.5) is 0 Å². The van der Waals surface area contributed by atoms with E-state index in [-0.39, 0.29) is 11.6 Å². The van der Waals surface area contributed by atoms with Crippen molar-refractivity contribution in [1.82, 2.24) is 0 Å². The van der Waals surface area contributed by atoms with Crippen LogP contribution in [0.25, 0.3) is 0 Å². The molecule has 124 valence electrons. The van der Waals surface area contributed by atoms with Gasteiger partial charge in [-0.05, 0) is 25.8 Å². The third-order valence-electron chi connectivity index (χ3n) is 3.03. The smallest absolute Gasteiger partial charge is 0.193 e. The van der Waals surface area contributed by atoms with Gasteiger partial charge in [0.15, 0.2) is 5.78 Å². The average Bonchev–Trinajstić information content (AvgIpc) is 2.58. The predicted octanol–water partition coefficient (Wildman–Crippen LogP) is 5.63. The third kappa shape index (κ3) is 8.10. The van der Waals surface area contributed by atoms with Crippen molar-refractivity contribution in [3.05, 3.63) is 71.3 Å². The molecule has 2 nitrogen and oxygen atoms in total. The lowest BCUT2D eigenvalue weighted by atomic mass is 9.99. The molecule has 0 saturated heterocycles. The van der Waals surface area contributed by atoms with Gasteiger partial charge in [0.25, 0.3) is 0 Å². The second kappa shape index (κ2) is 12.3. The van der Waals surface area contributed by atoms with E-state index in [0.717, 1.165) is 29.5 Å². The van der Waals surface area contributed by atoms with Crippen LogP contribution in [0, 0.1) is 6.92 Å². The first-order valence-electron chi connectivity index (χ1n) is 8.21. The van der Waals surface area contributed by atoms with Gasteiger partial charge in [-0.15, -0.1) is 0 Å². The van der Waals surface area contributed by atoms with Crippen molar-refractivity contribution in [3.63, 3.8) is 0 Å². The second-order valence-electron chi connectivity index (χ2n) is 4.96. The molecule has 0 fully saturated rings. The van der Waals surface area contributed by atoms with Gasteiger partial charge in [0.2, 0.25) is 0 Å². The quantitative estimate of drug-likeness (QED) is 0.686. The number of Topliss-reactive ketones (excluding diaryl/α,β-unsaturated/α-hetero) is 1. The minimum atomic E-state index is 0.0914. The summed E-state index contributed by atoms with van der Waals surface area (Å²) in [6.45, 7) is 9.57. The lowest BCUT2D eigenvalue weighted by molar-refractivity contribution is -0.117. The van der Waals surface area contributed by atoms with Crippen molar-refractivity contribution in [2.75, 3.05) is 0 Å². The van der Waals surface area contributed by atoms with Crippen molar-refractivity contribution in [1.29, 1.82) is 0 Å². The van der Waals surface area contributed by atoms with Crippen LogP contribution in [0.15, 0.2) is 54.6 Å². The Morgan fingerprint density at radius 3 is 1.83 bits per heavy atom. The minimum Gasteiger partial charge on any atom is -0.300 e. The van der Waals surface area contributed by atoms with E-state index in [1.807, 2.05) is 82.3 Å². The standard InChI is InChI=1S/C14H12O.C5H10O.C2H6/c1-11-7-5-6-10-13(11)14(15)12-8-3-2-4-9-12;1-3-4-5(2)6;1-2/h2-10H,1H3;3-4H2,1-2H3;1-2H3. The fraction of sp³-hybridized carbons (Fsp3) is 0.333. The highest BCUT2D eigenvalue weighted by Gasteiger charge is 2.09. The van der Waals surface area contributed by atoms with Crippen molar-refractivity contribution in [2.24, 2.45) is 0 Å². The molecule has 0 amide bonds. The van der Waals surface area contributed by atoms with Gasteiger partial charge in [0.05, 0.1) is 0 Å². The Hall–Kier alpha value is -2.22. The maximum atomic E-state index is 12.1. The molecule has 0 radical (unpaired) electrons. The molecule has 0 aliphatic carbocycles. The fourth-order valence-corrected chi connectivity index (χ4v) is 1.92. The van der Waals surface area contributed by atoms with Crippen LogP contribution < -0.4 is 0 Å². The molecule has 0 aliphatic heterocycles. The zero-order valence-corrected chi connectivity index (χ0v) is 14.9. The summed E-state index contributed by atoms with van der Waals surface area (Å²) in [5.74, 6) is 0.381. The van der Waals surface area contributed by atoms with Gasteiger partial charge in [-0.25, -0.2) is 0 Å². The van der Waals surface area contributed by atoms with Gasteiger partial charge >= 0.3 is 0 Å². The first-order valence-corrected chi connectivity index (χ1v) is 8.21. The maximum Gasteiger partial charge on any atom is 0.193 e. The largest absolute Gasteiger partial charge is 0.300 e. The summed E-state index contributed by atoms with van der Waals surface area (Å²) >= 11 is 0. The Labute approximate surface area is 140 Å². The van der Waals surface area contributed by atoms with Gasteiger partial charge < -0.3 is 4.79 Å². The Balaban J connectivity index is 0.000000515. The first-order chi connectivity index (χ1) is 11.1. The lowest BCUT2D eigenvalue weighted by Gasteiger charge is -2.03. The highest BCUT2D eigenvalue weighted by atomic mass is 16.1. The Kier molecular flexibility index (Phi) is 11.1. The van der Waals surface area contributed by atoms with Crippen molar-refractivity contribution in [2.45, 2.75) is 47.5 Å². The molecule has 0 saturated carbocycles. The van der Waals surface area contributed by atoms with E-state index >= 15 is 0 Å². The molecule has 0 N–H and O–H groups in total. The van der Waals surface area contributed by atoms with Crippen LogP contribution >= 0.6 is 0 Å². The van der Waals surface area contributed by atoms with E-state index in [4.69, 9.17) is 0 Å². The Morgan fingerprint density at radius 1 is 0.870 bits per heavy atom. The summed E-state index contributed by atoms with van der Waals surface area (Å²) in [7, 11) is 0. The first kappa shape index (κ1) is 20.8. The highest BCUT2D eigenvalue weighted by molar-refractivity contribution is 6.09. The van der Waals surface area contributed by atoms with Gasteiger partial charge in [0, 0.05) is 17.5 Å². The molecule has 0 spiro atoms. The molecule has 23 heavy (non-hydrogen) atoms. The zero-order chi connectivity index (χ0) is 17.7. The minimum absolute atomic E-state index is 0.0914. The Bertz CT molecular complexity index is 586. The summed E-state index contributed by atoms with van der Waals surface area (Å²) < 4.78 is 0. The normalized spacial score (nSPS) is 8.91. The predicted molar refractivity (Wildman–Crippen MR) is 98.0 cm³/mol. The number of carbonyl (C=O) groups is 2. The van der Waals surface area contributed by atoms with E-state index in [1.54, 1.807) is 6.92 Å². The van der Waals surface area contributed by atoms with Gasteiger partial charge in [0.1, 0.15) is 5.78 Å². The monoisotopic (exact) mass is 312 g/mol. The van der Waals surface area contributed by atoms with Gasteiger partial charge in [-0.2, -0.15) is 0 Å². The summed E-state index contributed by atoms with van der Waals surface area (Å²) in [6, 6.07) is 17.0. The molecule has 0 aliphatic rings. The van der Waals surface area contributed by atoms with Crippen LogP contribution in [0.5, 0.6) is 0 Å². The number of benzene rings is 2. The molecule has 0 aromatic heterocycles. The number of hydrogen-bond acceptors (Lipinski definition) is 2. The number of hydrogen-bond donors (Lipinski definition) is 0. The fourth-order valence-electron chi connectivity index (χ4n) is 1.92. The molecule has 2 aromatic carbocycles. The summed E-state index contributed by atoms with van der Waals surface area (Å²) in [5.41, 5.74) is 2.54. The lowest BCUT2D eigenvalue weighted by Crippen LogP contribution is -2.02. The van der Waals surface area contributed by atoms with Crippen LogP contribution in [-0.4, -0.2) is 11.6 Å². The second-order valence-corrected chi connectivity index (χ2v) is 4.96. The molecule has 0 unspecified atom stereocenters.